The Labute approximate surface area is 126 Å². The van der Waals surface area contributed by atoms with Crippen molar-refractivity contribution in [2.24, 2.45) is 0 Å². The van der Waals surface area contributed by atoms with Crippen LogP contribution in [0.4, 0.5) is 0 Å². The van der Waals surface area contributed by atoms with Crippen molar-refractivity contribution in [3.63, 3.8) is 0 Å². The molecular weight excluding hydrogens is 260 g/mol. The normalized spacial score (nSPS) is 9.90. The lowest BCUT2D eigenvalue weighted by Gasteiger charge is -2.13. The van der Waals surface area contributed by atoms with Crippen LogP contribution in [0.1, 0.15) is 27.8 Å². The quantitative estimate of drug-likeness (QED) is 0.871. The molecule has 21 heavy (non-hydrogen) atoms. The molecule has 0 aliphatic rings. The maximum atomic E-state index is 8.82. The second-order valence-corrected chi connectivity index (χ2v) is 5.11. The Kier molecular flexibility index (Phi) is 5.03. The van der Waals surface area contributed by atoms with E-state index in [0.717, 1.165) is 16.9 Å². The van der Waals surface area contributed by atoms with Gasteiger partial charge >= 0.3 is 0 Å². The fraction of sp³-hybridized carbons (Fsp3) is 0.263. The van der Waals surface area contributed by atoms with E-state index < -0.39 is 0 Å². The maximum absolute atomic E-state index is 8.82. The Bertz CT molecular complexity index is 690. The van der Waals surface area contributed by atoms with Crippen molar-refractivity contribution in [3.8, 4) is 17.6 Å². The molecule has 0 amide bonds. The third-order valence-corrected chi connectivity index (χ3v) is 3.47. The largest absolute Gasteiger partial charge is 0.489 e. The average Bonchev–Trinajstić information content (AvgIpc) is 2.48. The van der Waals surface area contributed by atoms with Gasteiger partial charge < -0.3 is 9.84 Å². The molecule has 0 heterocycles. The summed E-state index contributed by atoms with van der Waals surface area (Å²) in [5, 5.41) is 8.82. The monoisotopic (exact) mass is 280 g/mol. The first-order valence-electron chi connectivity index (χ1n) is 7.00. The zero-order chi connectivity index (χ0) is 15.2. The highest BCUT2D eigenvalue weighted by Crippen LogP contribution is 2.24. The Morgan fingerprint density at radius 2 is 1.86 bits per heavy atom. The van der Waals surface area contributed by atoms with Crippen molar-refractivity contribution >= 4 is 0 Å². The van der Waals surface area contributed by atoms with Gasteiger partial charge in [-0.25, -0.2) is 0 Å². The van der Waals surface area contributed by atoms with Gasteiger partial charge in [0, 0.05) is 11.1 Å². The van der Waals surface area contributed by atoms with E-state index in [1.54, 1.807) is 0 Å². The van der Waals surface area contributed by atoms with E-state index in [2.05, 4.69) is 44.7 Å². The van der Waals surface area contributed by atoms with Crippen molar-refractivity contribution in [2.45, 2.75) is 27.4 Å². The van der Waals surface area contributed by atoms with Gasteiger partial charge in [-0.1, -0.05) is 36.1 Å². The minimum atomic E-state index is -0.134. The van der Waals surface area contributed by atoms with E-state index in [9.17, 15) is 0 Å². The molecule has 0 spiro atoms. The smallest absolute Gasteiger partial charge is 0.123 e. The summed E-state index contributed by atoms with van der Waals surface area (Å²) in [7, 11) is 0. The van der Waals surface area contributed by atoms with Gasteiger partial charge in [-0.2, -0.15) is 0 Å². The number of rotatable bonds is 3. The third kappa shape index (κ3) is 3.87. The maximum Gasteiger partial charge on any atom is 0.123 e. The number of benzene rings is 2. The first-order chi connectivity index (χ1) is 10.1. The minimum absolute atomic E-state index is 0.134. The third-order valence-electron chi connectivity index (χ3n) is 3.47. The van der Waals surface area contributed by atoms with E-state index in [1.807, 2.05) is 24.3 Å². The van der Waals surface area contributed by atoms with Crippen LogP contribution in [0, 0.1) is 32.6 Å². The highest BCUT2D eigenvalue weighted by molar-refractivity contribution is 5.44. The van der Waals surface area contributed by atoms with Crippen LogP contribution in [0.2, 0.25) is 0 Å². The van der Waals surface area contributed by atoms with Crippen LogP contribution in [0.15, 0.2) is 36.4 Å². The molecule has 2 aromatic carbocycles. The van der Waals surface area contributed by atoms with Gasteiger partial charge in [-0.05, 0) is 49.6 Å². The standard InChI is InChI=1S/C19H20O2/c1-14-11-15(2)16(3)19(12-14)21-13-18-8-5-4-7-17(18)9-6-10-20/h4-5,7-8,11-12,20H,10,13H2,1-3H3. The molecular formula is C19H20O2. The van der Waals surface area contributed by atoms with Gasteiger partial charge in [-0.15, -0.1) is 0 Å². The lowest BCUT2D eigenvalue weighted by atomic mass is 10.1. The Morgan fingerprint density at radius 3 is 2.62 bits per heavy atom. The molecule has 0 saturated carbocycles. The van der Waals surface area contributed by atoms with Gasteiger partial charge in [0.05, 0.1) is 0 Å². The van der Waals surface area contributed by atoms with Crippen molar-refractivity contribution in [3.05, 3.63) is 64.2 Å². The molecule has 2 heteroatoms. The van der Waals surface area contributed by atoms with E-state index in [1.165, 1.54) is 16.7 Å². The number of aliphatic hydroxyl groups is 1. The summed E-state index contributed by atoms with van der Waals surface area (Å²) < 4.78 is 5.97. The zero-order valence-corrected chi connectivity index (χ0v) is 12.7. The van der Waals surface area contributed by atoms with Gasteiger partial charge in [0.1, 0.15) is 19.0 Å². The summed E-state index contributed by atoms with van der Waals surface area (Å²) in [5.41, 5.74) is 5.52. The van der Waals surface area contributed by atoms with E-state index >= 15 is 0 Å². The number of aryl methyl sites for hydroxylation is 2. The van der Waals surface area contributed by atoms with Gasteiger partial charge in [0.15, 0.2) is 0 Å². The molecule has 0 atom stereocenters. The number of hydrogen-bond acceptors (Lipinski definition) is 2. The van der Waals surface area contributed by atoms with E-state index in [4.69, 9.17) is 9.84 Å². The van der Waals surface area contributed by atoms with Crippen molar-refractivity contribution in [1.82, 2.24) is 0 Å². The highest BCUT2D eigenvalue weighted by Gasteiger charge is 2.06. The Hall–Kier alpha value is -2.24. The molecule has 2 nitrogen and oxygen atoms in total. The van der Waals surface area contributed by atoms with Crippen molar-refractivity contribution in [2.75, 3.05) is 6.61 Å². The van der Waals surface area contributed by atoms with Crippen LogP contribution in [0.3, 0.4) is 0 Å². The lowest BCUT2D eigenvalue weighted by Crippen LogP contribution is -2.01. The summed E-state index contributed by atoms with van der Waals surface area (Å²) in [6.45, 7) is 6.57. The first kappa shape index (κ1) is 15.2. The fourth-order valence-electron chi connectivity index (χ4n) is 2.21. The van der Waals surface area contributed by atoms with Crippen LogP contribution in [-0.4, -0.2) is 11.7 Å². The van der Waals surface area contributed by atoms with Gasteiger partial charge in [0.25, 0.3) is 0 Å². The average molecular weight is 280 g/mol. The summed E-state index contributed by atoms with van der Waals surface area (Å²) >= 11 is 0. The molecule has 0 radical (unpaired) electrons. The van der Waals surface area contributed by atoms with Crippen LogP contribution in [0.5, 0.6) is 5.75 Å². The molecule has 2 aromatic rings. The summed E-state index contributed by atoms with van der Waals surface area (Å²) in [6.07, 6.45) is 0. The predicted octanol–water partition coefficient (Wildman–Crippen LogP) is 3.53. The number of aliphatic hydroxyl groups excluding tert-OH is 1. The molecule has 0 fully saturated rings. The summed E-state index contributed by atoms with van der Waals surface area (Å²) in [6, 6.07) is 12.1. The van der Waals surface area contributed by atoms with Crippen LogP contribution >= 0.6 is 0 Å². The highest BCUT2D eigenvalue weighted by atomic mass is 16.5. The molecule has 2 rings (SSSR count). The van der Waals surface area contributed by atoms with Crippen LogP contribution < -0.4 is 4.74 Å². The molecule has 0 aromatic heterocycles. The lowest BCUT2D eigenvalue weighted by molar-refractivity contribution is 0.303. The van der Waals surface area contributed by atoms with Crippen LogP contribution in [0.25, 0.3) is 0 Å². The molecule has 0 bridgehead atoms. The second kappa shape index (κ2) is 6.97. The topological polar surface area (TPSA) is 29.5 Å². The van der Waals surface area contributed by atoms with Crippen LogP contribution in [-0.2, 0) is 6.61 Å². The molecule has 108 valence electrons. The SMILES string of the molecule is Cc1cc(C)c(C)c(OCc2ccccc2C#CCO)c1. The van der Waals surface area contributed by atoms with Gasteiger partial charge in [0.2, 0.25) is 0 Å². The number of hydrogen-bond donors (Lipinski definition) is 1. The van der Waals surface area contributed by atoms with Gasteiger partial charge in [-0.3, -0.25) is 0 Å². The Morgan fingerprint density at radius 1 is 1.10 bits per heavy atom. The molecule has 0 aliphatic carbocycles. The fourth-order valence-corrected chi connectivity index (χ4v) is 2.21. The van der Waals surface area contributed by atoms with Crippen molar-refractivity contribution < 1.29 is 9.84 Å². The first-order valence-corrected chi connectivity index (χ1v) is 7.00. The van der Waals surface area contributed by atoms with E-state index in [-0.39, 0.29) is 6.61 Å². The summed E-state index contributed by atoms with van der Waals surface area (Å²) in [4.78, 5) is 0. The molecule has 0 aliphatic heterocycles. The van der Waals surface area contributed by atoms with E-state index in [0.29, 0.717) is 6.61 Å². The molecule has 0 saturated heterocycles. The zero-order valence-electron chi connectivity index (χ0n) is 12.7. The van der Waals surface area contributed by atoms with Crippen molar-refractivity contribution in [1.29, 1.82) is 0 Å². The second-order valence-electron chi connectivity index (χ2n) is 5.11. The predicted molar refractivity (Wildman–Crippen MR) is 85.4 cm³/mol. The molecule has 0 unspecified atom stereocenters. The minimum Gasteiger partial charge on any atom is -0.489 e. The number of ether oxygens (including phenoxy) is 1. The Balaban J connectivity index is 2.21. The summed E-state index contributed by atoms with van der Waals surface area (Å²) in [5.74, 6) is 6.55. The molecule has 1 N–H and O–H groups in total.